The van der Waals surface area contributed by atoms with Gasteiger partial charge in [-0.25, -0.2) is 4.98 Å². The minimum Gasteiger partial charge on any atom is -0.489 e. The minimum absolute atomic E-state index is 0.302. The fourth-order valence-electron chi connectivity index (χ4n) is 4.42. The van der Waals surface area contributed by atoms with Gasteiger partial charge in [-0.1, -0.05) is 25.8 Å². The molecule has 4 heteroatoms. The highest BCUT2D eigenvalue weighted by molar-refractivity contribution is 5.70. The number of likely N-dealkylation sites (N-methyl/N-ethyl adjacent to an activating group) is 1. The normalized spacial score (nSPS) is 20.6. The highest BCUT2D eigenvalue weighted by atomic mass is 16.5. The van der Waals surface area contributed by atoms with Crippen molar-refractivity contribution < 1.29 is 4.74 Å². The van der Waals surface area contributed by atoms with Crippen molar-refractivity contribution in [2.45, 2.75) is 57.5 Å². The smallest absolute Gasteiger partial charge is 0.124 e. The van der Waals surface area contributed by atoms with Crippen LogP contribution in [0.15, 0.2) is 30.3 Å². The molecule has 1 unspecified atom stereocenters. The topological polar surface area (TPSA) is 51.4 Å². The fraction of sp³-hybridized carbons (Fsp3) is 0.522. The van der Waals surface area contributed by atoms with Crippen LogP contribution in [0.1, 0.15) is 56.1 Å². The first kappa shape index (κ1) is 18.3. The summed E-state index contributed by atoms with van der Waals surface area (Å²) in [5.74, 6) is 2.30. The maximum absolute atomic E-state index is 6.52. The van der Waals surface area contributed by atoms with Crippen LogP contribution >= 0.6 is 0 Å². The average Bonchev–Trinajstić information content (AvgIpc) is 3.01. The maximum atomic E-state index is 6.52. The molecule has 1 aliphatic heterocycles. The summed E-state index contributed by atoms with van der Waals surface area (Å²) in [7, 11) is 2.17. The first-order valence-corrected chi connectivity index (χ1v) is 10.4. The molecule has 0 spiro atoms. The van der Waals surface area contributed by atoms with E-state index in [-0.39, 0.29) is 0 Å². The summed E-state index contributed by atoms with van der Waals surface area (Å²) in [5.41, 5.74) is 11.1. The average molecular weight is 366 g/mol. The molecule has 2 fully saturated rings. The Morgan fingerprint density at radius 3 is 2.67 bits per heavy atom. The molecular formula is C23H31N3O. The van der Waals surface area contributed by atoms with Crippen LogP contribution in [0.5, 0.6) is 5.75 Å². The van der Waals surface area contributed by atoms with Crippen LogP contribution in [0, 0.1) is 0 Å². The molecule has 1 saturated carbocycles. The van der Waals surface area contributed by atoms with Gasteiger partial charge >= 0.3 is 0 Å². The Morgan fingerprint density at radius 2 is 2.04 bits per heavy atom. The van der Waals surface area contributed by atoms with E-state index in [9.17, 15) is 0 Å². The zero-order valence-electron chi connectivity index (χ0n) is 16.6. The standard InChI is InChI=1S/C23H31N3O/c1-3-6-19-21(27-17-13-14-26(2)15-17)12-11-18(23(19)16-7-4-8-16)20-9-5-10-22(24)25-20/h5,9-12,16-17H,3-4,6-8,13-15H2,1-2H3,(H2,24,25). The Kier molecular flexibility index (Phi) is 5.35. The van der Waals surface area contributed by atoms with E-state index < -0.39 is 0 Å². The van der Waals surface area contributed by atoms with E-state index in [0.29, 0.717) is 17.8 Å². The Morgan fingerprint density at radius 1 is 1.19 bits per heavy atom. The molecule has 0 amide bonds. The second kappa shape index (κ2) is 7.89. The maximum Gasteiger partial charge on any atom is 0.124 e. The van der Waals surface area contributed by atoms with Gasteiger partial charge < -0.3 is 15.4 Å². The molecule has 1 aromatic carbocycles. The molecule has 2 aromatic rings. The molecule has 2 aliphatic rings. The van der Waals surface area contributed by atoms with Gasteiger partial charge in [0, 0.05) is 18.7 Å². The molecule has 0 radical (unpaired) electrons. The van der Waals surface area contributed by atoms with Crippen LogP contribution in [-0.4, -0.2) is 36.1 Å². The van der Waals surface area contributed by atoms with Crippen molar-refractivity contribution in [1.82, 2.24) is 9.88 Å². The number of rotatable bonds is 6. The quantitative estimate of drug-likeness (QED) is 0.811. The van der Waals surface area contributed by atoms with E-state index in [2.05, 4.69) is 42.1 Å². The summed E-state index contributed by atoms with van der Waals surface area (Å²) >= 11 is 0. The van der Waals surface area contributed by atoms with Gasteiger partial charge in [0.2, 0.25) is 0 Å². The lowest BCUT2D eigenvalue weighted by Crippen LogP contribution is -2.22. The van der Waals surface area contributed by atoms with Crippen LogP contribution < -0.4 is 10.5 Å². The molecule has 1 atom stereocenters. The van der Waals surface area contributed by atoms with Crippen molar-refractivity contribution in [2.75, 3.05) is 25.9 Å². The summed E-state index contributed by atoms with van der Waals surface area (Å²) in [6, 6.07) is 10.3. The minimum atomic E-state index is 0.302. The molecule has 144 valence electrons. The van der Waals surface area contributed by atoms with Crippen molar-refractivity contribution in [3.05, 3.63) is 41.5 Å². The van der Waals surface area contributed by atoms with E-state index in [1.807, 2.05) is 12.1 Å². The Balaban J connectivity index is 1.77. The third kappa shape index (κ3) is 3.81. The summed E-state index contributed by atoms with van der Waals surface area (Å²) in [6.45, 7) is 4.39. The lowest BCUT2D eigenvalue weighted by Gasteiger charge is -2.31. The number of nitrogens with zero attached hydrogens (tertiary/aromatic N) is 2. The van der Waals surface area contributed by atoms with Gasteiger partial charge in [0.25, 0.3) is 0 Å². The predicted octanol–water partition coefficient (Wildman–Crippen LogP) is 4.63. The largest absolute Gasteiger partial charge is 0.489 e. The molecule has 1 aliphatic carbocycles. The second-order valence-electron chi connectivity index (χ2n) is 8.12. The van der Waals surface area contributed by atoms with Crippen molar-refractivity contribution in [3.63, 3.8) is 0 Å². The number of likely N-dealkylation sites (tertiary alicyclic amines) is 1. The first-order valence-electron chi connectivity index (χ1n) is 10.4. The van der Waals surface area contributed by atoms with Crippen molar-refractivity contribution in [2.24, 2.45) is 0 Å². The van der Waals surface area contributed by atoms with Gasteiger partial charge in [-0.2, -0.15) is 0 Å². The summed E-state index contributed by atoms with van der Waals surface area (Å²) < 4.78 is 6.52. The van der Waals surface area contributed by atoms with Gasteiger partial charge in [0.15, 0.2) is 0 Å². The number of benzene rings is 1. The van der Waals surface area contributed by atoms with Gasteiger partial charge in [0.05, 0.1) is 5.69 Å². The van der Waals surface area contributed by atoms with E-state index in [1.165, 1.54) is 36.0 Å². The van der Waals surface area contributed by atoms with Gasteiger partial charge in [-0.3, -0.25) is 0 Å². The van der Waals surface area contributed by atoms with E-state index >= 15 is 0 Å². The molecular weight excluding hydrogens is 334 g/mol. The number of hydrogen-bond donors (Lipinski definition) is 1. The molecule has 1 aromatic heterocycles. The number of nitrogen functional groups attached to an aromatic ring is 1. The highest BCUT2D eigenvalue weighted by Crippen LogP contribution is 2.45. The molecule has 2 heterocycles. The van der Waals surface area contributed by atoms with Crippen LogP contribution in [0.2, 0.25) is 0 Å². The Labute approximate surface area is 162 Å². The number of pyridine rings is 1. The third-order valence-electron chi connectivity index (χ3n) is 6.02. The van der Waals surface area contributed by atoms with E-state index in [1.54, 1.807) is 0 Å². The Bertz CT molecular complexity index is 800. The highest BCUT2D eigenvalue weighted by Gasteiger charge is 2.29. The number of anilines is 1. The van der Waals surface area contributed by atoms with Gasteiger partial charge in [-0.15, -0.1) is 0 Å². The number of aromatic nitrogens is 1. The van der Waals surface area contributed by atoms with Crippen LogP contribution in [0.25, 0.3) is 11.3 Å². The molecule has 27 heavy (non-hydrogen) atoms. The summed E-state index contributed by atoms with van der Waals surface area (Å²) in [5, 5.41) is 0. The summed E-state index contributed by atoms with van der Waals surface area (Å²) in [4.78, 5) is 6.97. The Hall–Kier alpha value is -2.07. The van der Waals surface area contributed by atoms with Crippen LogP contribution in [0.3, 0.4) is 0 Å². The molecule has 4 rings (SSSR count). The second-order valence-corrected chi connectivity index (χ2v) is 8.12. The van der Waals surface area contributed by atoms with Gasteiger partial charge in [0.1, 0.15) is 17.7 Å². The van der Waals surface area contributed by atoms with Crippen LogP contribution in [0.4, 0.5) is 5.82 Å². The zero-order valence-corrected chi connectivity index (χ0v) is 16.6. The van der Waals surface area contributed by atoms with Crippen LogP contribution in [-0.2, 0) is 6.42 Å². The SMILES string of the molecule is CCCc1c(OC2CCN(C)C2)ccc(-c2cccc(N)n2)c1C1CCC1. The first-order chi connectivity index (χ1) is 13.2. The van der Waals surface area contributed by atoms with Gasteiger partial charge in [-0.05, 0) is 74.0 Å². The van der Waals surface area contributed by atoms with Crippen molar-refractivity contribution in [3.8, 4) is 17.0 Å². The number of nitrogens with two attached hydrogens (primary N) is 1. The number of ether oxygens (including phenoxy) is 1. The zero-order chi connectivity index (χ0) is 18.8. The molecule has 1 saturated heterocycles. The van der Waals surface area contributed by atoms with E-state index in [0.717, 1.165) is 43.8 Å². The van der Waals surface area contributed by atoms with E-state index in [4.69, 9.17) is 10.5 Å². The lowest BCUT2D eigenvalue weighted by atomic mass is 9.75. The monoisotopic (exact) mass is 365 g/mol. The molecule has 2 N–H and O–H groups in total. The fourth-order valence-corrected chi connectivity index (χ4v) is 4.42. The van der Waals surface area contributed by atoms with Crippen molar-refractivity contribution in [1.29, 1.82) is 0 Å². The lowest BCUT2D eigenvalue weighted by molar-refractivity contribution is 0.205. The third-order valence-corrected chi connectivity index (χ3v) is 6.02. The van der Waals surface area contributed by atoms with Crippen molar-refractivity contribution >= 4 is 5.82 Å². The number of hydrogen-bond acceptors (Lipinski definition) is 4. The molecule has 4 nitrogen and oxygen atoms in total. The predicted molar refractivity (Wildman–Crippen MR) is 111 cm³/mol. The molecule has 0 bridgehead atoms. The summed E-state index contributed by atoms with van der Waals surface area (Å²) in [6.07, 6.45) is 7.44.